The zero-order chi connectivity index (χ0) is 27.1. The minimum absolute atomic E-state index is 0.0378. The van der Waals surface area contributed by atoms with Gasteiger partial charge in [0.15, 0.2) is 5.01 Å². The minimum atomic E-state index is -2.85. The van der Waals surface area contributed by atoms with Crippen molar-refractivity contribution in [3.05, 3.63) is 40.4 Å². The number of azo groups is 1. The number of nitrogens with one attached hydrogen (secondary N) is 1. The van der Waals surface area contributed by atoms with E-state index in [4.69, 9.17) is 4.74 Å². The van der Waals surface area contributed by atoms with E-state index in [9.17, 15) is 22.7 Å². The second kappa shape index (κ2) is 12.8. The fraction of sp³-hybridized carbons (Fsp3) is 0.391. The van der Waals surface area contributed by atoms with Crippen LogP contribution < -0.4 is 10.1 Å². The Morgan fingerprint density at radius 2 is 2.08 bits per heavy atom. The molecule has 1 aliphatic rings. The van der Waals surface area contributed by atoms with E-state index in [2.05, 4.69) is 42.4 Å². The number of aromatic nitrogens is 4. The second-order valence-electron chi connectivity index (χ2n) is 8.14. The molecule has 11 nitrogen and oxygen atoms in total. The standard InChI is InChI=1S/C23H23F2N7O4S2/c1-36-19-13-27-17(22(24)25)10-16(19)15-11-20(26-8-2-3-9-38(34)35)28-12-18(15)32(33)31-23-30-29-21(37-23)7-6-14-4-5-14/h10-14,22H,2-5,8-9H2,1H3,(H,26,28)(H,34,35)/p-1/b32-31-. The fourth-order valence-electron chi connectivity index (χ4n) is 3.26. The zero-order valence-electron chi connectivity index (χ0n) is 20.1. The molecule has 0 radical (unpaired) electrons. The van der Waals surface area contributed by atoms with Crippen LogP contribution in [0.1, 0.15) is 42.8 Å². The van der Waals surface area contributed by atoms with E-state index in [1.807, 2.05) is 0 Å². The number of nitrogens with zero attached hydrogens (tertiary/aromatic N) is 6. The lowest BCUT2D eigenvalue weighted by molar-refractivity contribution is -0.434. The van der Waals surface area contributed by atoms with Gasteiger partial charge in [-0.1, -0.05) is 28.3 Å². The van der Waals surface area contributed by atoms with Crippen molar-refractivity contribution < 1.29 is 27.1 Å². The molecule has 0 aliphatic heterocycles. The normalized spacial score (nSPS) is 14.2. The van der Waals surface area contributed by atoms with Crippen molar-refractivity contribution in [2.75, 3.05) is 24.7 Å². The van der Waals surface area contributed by atoms with Crippen LogP contribution in [-0.4, -0.2) is 53.2 Å². The highest BCUT2D eigenvalue weighted by Crippen LogP contribution is 2.39. The van der Waals surface area contributed by atoms with Crippen LogP contribution in [0.3, 0.4) is 0 Å². The van der Waals surface area contributed by atoms with Crippen molar-refractivity contribution in [2.45, 2.75) is 32.1 Å². The highest BCUT2D eigenvalue weighted by atomic mass is 32.2. The fourth-order valence-corrected chi connectivity index (χ4v) is 4.26. The third-order valence-electron chi connectivity index (χ3n) is 5.31. The largest absolute Gasteiger partial charge is 0.772 e. The predicted octanol–water partition coefficient (Wildman–Crippen LogP) is 4.70. The third-order valence-corrected chi connectivity index (χ3v) is 6.65. The average Bonchev–Trinajstić information content (AvgIpc) is 3.63. The summed E-state index contributed by atoms with van der Waals surface area (Å²) in [4.78, 5) is 8.25. The molecule has 0 aromatic carbocycles. The van der Waals surface area contributed by atoms with Crippen molar-refractivity contribution >= 4 is 39.1 Å². The quantitative estimate of drug-likeness (QED) is 0.0875. The Bertz CT molecular complexity index is 1400. The maximum Gasteiger partial charge on any atom is 0.298 e. The highest BCUT2D eigenvalue weighted by Gasteiger charge is 2.23. The van der Waals surface area contributed by atoms with Crippen LogP contribution in [0.25, 0.3) is 11.1 Å². The van der Waals surface area contributed by atoms with Gasteiger partial charge in [-0.3, -0.25) is 9.19 Å². The molecular weight excluding hydrogens is 540 g/mol. The molecular formula is C23H22F2N7O4S2-. The first-order chi connectivity index (χ1) is 18.3. The Labute approximate surface area is 223 Å². The first kappa shape index (κ1) is 27.4. The van der Waals surface area contributed by atoms with Gasteiger partial charge in [-0.15, -0.1) is 10.2 Å². The number of ether oxygens (including phenoxy) is 1. The van der Waals surface area contributed by atoms with E-state index in [-0.39, 0.29) is 38.3 Å². The SMILES string of the molecule is COc1cnc(C(F)F)cc1-c1cc(NCCCCS(=O)[O-])ncc1/[N+]([O-])=N/c1nnc(C#CC2CC2)s1. The number of unbranched alkanes of at least 4 members (excludes halogenated alkanes) is 1. The Morgan fingerprint density at radius 1 is 1.26 bits per heavy atom. The lowest BCUT2D eigenvalue weighted by Gasteiger charge is -2.13. The molecule has 15 heteroatoms. The summed E-state index contributed by atoms with van der Waals surface area (Å²) in [7, 11) is 1.35. The summed E-state index contributed by atoms with van der Waals surface area (Å²) in [6, 6.07) is 2.64. The lowest BCUT2D eigenvalue weighted by Crippen LogP contribution is -2.06. The van der Waals surface area contributed by atoms with Gasteiger partial charge in [0.2, 0.25) is 0 Å². The van der Waals surface area contributed by atoms with E-state index in [0.717, 1.165) is 36.4 Å². The molecule has 0 spiro atoms. The Hall–Kier alpha value is -3.61. The molecule has 1 unspecified atom stereocenters. The molecule has 200 valence electrons. The summed E-state index contributed by atoms with van der Waals surface area (Å²) >= 11 is -1.07. The monoisotopic (exact) mass is 562 g/mol. The van der Waals surface area contributed by atoms with E-state index in [0.29, 0.717) is 36.1 Å². The van der Waals surface area contributed by atoms with Crippen molar-refractivity contribution in [1.82, 2.24) is 20.2 Å². The van der Waals surface area contributed by atoms with Gasteiger partial charge in [0.25, 0.3) is 17.2 Å². The van der Waals surface area contributed by atoms with Crippen LogP contribution in [0.2, 0.25) is 0 Å². The van der Waals surface area contributed by atoms with Crippen LogP contribution in [0, 0.1) is 23.0 Å². The number of hydrogen-bond acceptors (Lipinski definition) is 11. The first-order valence-corrected chi connectivity index (χ1v) is 13.6. The van der Waals surface area contributed by atoms with E-state index in [1.165, 1.54) is 19.4 Å². The van der Waals surface area contributed by atoms with Crippen LogP contribution in [0.15, 0.2) is 29.6 Å². The third kappa shape index (κ3) is 7.46. The molecule has 3 heterocycles. The Balaban J connectivity index is 1.67. The highest BCUT2D eigenvalue weighted by molar-refractivity contribution is 7.79. The maximum absolute atomic E-state index is 13.5. The molecule has 4 rings (SSSR count). The summed E-state index contributed by atoms with van der Waals surface area (Å²) in [5.74, 6) is 6.89. The summed E-state index contributed by atoms with van der Waals surface area (Å²) in [6.45, 7) is 0.402. The second-order valence-corrected chi connectivity index (χ2v) is 10.1. The Morgan fingerprint density at radius 3 is 2.79 bits per heavy atom. The van der Waals surface area contributed by atoms with Gasteiger partial charge < -0.3 is 19.8 Å². The van der Waals surface area contributed by atoms with Crippen molar-refractivity contribution in [3.8, 4) is 28.7 Å². The summed E-state index contributed by atoms with van der Waals surface area (Å²) in [6.07, 6.45) is 2.67. The minimum Gasteiger partial charge on any atom is -0.772 e. The van der Waals surface area contributed by atoms with Crippen molar-refractivity contribution in [1.29, 1.82) is 0 Å². The predicted molar refractivity (Wildman–Crippen MR) is 135 cm³/mol. The van der Waals surface area contributed by atoms with Crippen LogP contribution in [0.4, 0.5) is 25.4 Å². The molecule has 0 bridgehead atoms. The molecule has 1 saturated carbocycles. The molecule has 38 heavy (non-hydrogen) atoms. The molecule has 1 fully saturated rings. The molecule has 3 aromatic rings. The van der Waals surface area contributed by atoms with Gasteiger partial charge in [-0.05, 0) is 48.6 Å². The molecule has 1 aliphatic carbocycles. The number of halogens is 2. The average molecular weight is 563 g/mol. The van der Waals surface area contributed by atoms with Gasteiger partial charge >= 0.3 is 0 Å². The number of pyridine rings is 2. The van der Waals surface area contributed by atoms with Gasteiger partial charge in [0.1, 0.15) is 23.5 Å². The molecule has 0 amide bonds. The van der Waals surface area contributed by atoms with Gasteiger partial charge in [-0.2, -0.15) is 0 Å². The van der Waals surface area contributed by atoms with Crippen LogP contribution in [0.5, 0.6) is 5.75 Å². The number of methoxy groups -OCH3 is 1. The molecule has 1 atom stereocenters. The topological polar surface area (TPSA) is 151 Å². The number of rotatable bonds is 11. The van der Waals surface area contributed by atoms with Crippen LogP contribution in [-0.2, 0) is 11.1 Å². The number of anilines is 1. The summed E-state index contributed by atoms with van der Waals surface area (Å²) in [5.41, 5.74) is -0.158. The van der Waals surface area contributed by atoms with Crippen LogP contribution >= 0.6 is 11.3 Å². The number of alkyl halides is 2. The van der Waals surface area contributed by atoms with E-state index in [1.54, 1.807) is 0 Å². The van der Waals surface area contributed by atoms with Gasteiger partial charge in [-0.25, -0.2) is 13.8 Å². The van der Waals surface area contributed by atoms with Crippen molar-refractivity contribution in [3.63, 3.8) is 0 Å². The summed E-state index contributed by atoms with van der Waals surface area (Å²) < 4.78 is 53.6. The van der Waals surface area contributed by atoms with Crippen molar-refractivity contribution in [2.24, 2.45) is 11.0 Å². The number of hydrogen-bond donors (Lipinski definition) is 1. The van der Waals surface area contributed by atoms with E-state index < -0.39 is 23.2 Å². The summed E-state index contributed by atoms with van der Waals surface area (Å²) in [5, 5.41) is 28.4. The van der Waals surface area contributed by atoms with Gasteiger partial charge in [0, 0.05) is 28.9 Å². The first-order valence-electron chi connectivity index (χ1n) is 11.5. The smallest absolute Gasteiger partial charge is 0.298 e. The maximum atomic E-state index is 13.5. The lowest BCUT2D eigenvalue weighted by atomic mass is 10.0. The molecule has 1 N–H and O–H groups in total. The molecule has 3 aromatic heterocycles. The molecule has 0 saturated heterocycles. The van der Waals surface area contributed by atoms with Gasteiger partial charge in [0.05, 0.1) is 18.9 Å². The zero-order valence-corrected chi connectivity index (χ0v) is 21.7. The van der Waals surface area contributed by atoms with E-state index >= 15 is 0 Å². The Kier molecular flexibility index (Phi) is 9.21.